The molecule has 3 aromatic carbocycles. The molecule has 0 saturated carbocycles. The summed E-state index contributed by atoms with van der Waals surface area (Å²) >= 11 is 1.65. The highest BCUT2D eigenvalue weighted by atomic mass is 32.2. The molecule has 5 rings (SSSR count). The van der Waals surface area contributed by atoms with E-state index in [1.54, 1.807) is 48.2 Å². The first kappa shape index (κ1) is 20.6. The average Bonchev–Trinajstić information content (AvgIpc) is 3.35. The monoisotopic (exact) mass is 446 g/mol. The van der Waals surface area contributed by atoms with Crippen LogP contribution in [0.3, 0.4) is 0 Å². The van der Waals surface area contributed by atoms with Crippen LogP contribution in [0.4, 0.5) is 11.4 Å². The van der Waals surface area contributed by atoms with Gasteiger partial charge in [-0.25, -0.2) is 9.96 Å². The molecule has 2 aliphatic heterocycles. The number of ether oxygens (including phenoxy) is 1. The van der Waals surface area contributed by atoms with Gasteiger partial charge in [0.1, 0.15) is 11.7 Å². The van der Waals surface area contributed by atoms with E-state index in [1.807, 2.05) is 60.9 Å². The summed E-state index contributed by atoms with van der Waals surface area (Å²) in [6.07, 6.45) is 1.13. The van der Waals surface area contributed by atoms with Crippen molar-refractivity contribution in [2.24, 2.45) is 5.92 Å². The topological polar surface area (TPSA) is 59.1 Å². The largest absolute Gasteiger partial charge is 0.497 e. The first-order valence-electron chi connectivity index (χ1n) is 10.3. The molecule has 3 atom stereocenters. The predicted molar refractivity (Wildman–Crippen MR) is 124 cm³/mol. The van der Waals surface area contributed by atoms with Crippen LogP contribution in [0, 0.1) is 5.92 Å². The molecule has 7 heteroatoms. The molecule has 162 valence electrons. The number of anilines is 2. The third kappa shape index (κ3) is 3.34. The van der Waals surface area contributed by atoms with E-state index in [0.717, 1.165) is 16.1 Å². The molecule has 2 aliphatic rings. The first-order chi connectivity index (χ1) is 15.6. The Labute approximate surface area is 190 Å². The third-order valence-corrected chi connectivity index (χ3v) is 6.64. The number of carbonyl (C=O) groups excluding carboxylic acids is 2. The molecule has 32 heavy (non-hydrogen) atoms. The van der Waals surface area contributed by atoms with Crippen molar-refractivity contribution in [3.63, 3.8) is 0 Å². The van der Waals surface area contributed by atoms with Crippen LogP contribution >= 0.6 is 11.8 Å². The van der Waals surface area contributed by atoms with Gasteiger partial charge in [-0.05, 0) is 48.2 Å². The highest BCUT2D eigenvalue weighted by molar-refractivity contribution is 7.98. The molecule has 6 nitrogen and oxygen atoms in total. The van der Waals surface area contributed by atoms with Crippen LogP contribution in [0.15, 0.2) is 83.8 Å². The van der Waals surface area contributed by atoms with E-state index in [1.165, 1.54) is 4.90 Å². The Morgan fingerprint density at radius 3 is 2.28 bits per heavy atom. The van der Waals surface area contributed by atoms with Gasteiger partial charge in [0.15, 0.2) is 6.10 Å². The maximum absolute atomic E-state index is 13.6. The van der Waals surface area contributed by atoms with Gasteiger partial charge in [0.2, 0.25) is 5.91 Å². The smallest absolute Gasteiger partial charge is 0.266 e. The van der Waals surface area contributed by atoms with Gasteiger partial charge in [-0.2, -0.15) is 0 Å². The van der Waals surface area contributed by atoms with Crippen LogP contribution in [-0.2, 0) is 14.4 Å². The van der Waals surface area contributed by atoms with Crippen LogP contribution in [-0.4, -0.2) is 31.3 Å². The minimum Gasteiger partial charge on any atom is -0.497 e. The molecule has 3 aromatic rings. The van der Waals surface area contributed by atoms with Gasteiger partial charge in [-0.3, -0.25) is 14.4 Å². The van der Waals surface area contributed by atoms with Crippen molar-refractivity contribution in [2.75, 3.05) is 23.3 Å². The summed E-state index contributed by atoms with van der Waals surface area (Å²) in [5.74, 6) is -0.715. The lowest BCUT2D eigenvalue weighted by Crippen LogP contribution is -2.37. The number of hydrogen-bond acceptors (Lipinski definition) is 6. The number of nitrogens with zero attached hydrogens (tertiary/aromatic N) is 2. The minimum absolute atomic E-state index is 0.273. The molecule has 2 saturated heterocycles. The maximum Gasteiger partial charge on any atom is 0.266 e. The number of hydrogen-bond donors (Lipinski definition) is 0. The maximum atomic E-state index is 13.6. The van der Waals surface area contributed by atoms with E-state index in [-0.39, 0.29) is 11.8 Å². The number of thioether (sulfide) groups is 1. The normalized spacial score (nSPS) is 22.4. The predicted octanol–water partition coefficient (Wildman–Crippen LogP) is 4.47. The number of para-hydroxylation sites is 1. The molecular weight excluding hydrogens is 424 g/mol. The van der Waals surface area contributed by atoms with Crippen molar-refractivity contribution in [1.29, 1.82) is 0 Å². The van der Waals surface area contributed by atoms with Gasteiger partial charge >= 0.3 is 0 Å². The van der Waals surface area contributed by atoms with Crippen molar-refractivity contribution < 1.29 is 19.2 Å². The van der Waals surface area contributed by atoms with Gasteiger partial charge in [0, 0.05) is 11.0 Å². The highest BCUT2D eigenvalue weighted by Crippen LogP contribution is 2.47. The van der Waals surface area contributed by atoms with Crippen molar-refractivity contribution in [2.45, 2.75) is 17.0 Å². The van der Waals surface area contributed by atoms with Crippen LogP contribution < -0.4 is 14.7 Å². The summed E-state index contributed by atoms with van der Waals surface area (Å²) in [6.45, 7) is 0. The van der Waals surface area contributed by atoms with Crippen LogP contribution in [0.25, 0.3) is 0 Å². The SMILES string of the molecule is COc1cccc(N2C(=O)[C@H]3[C@@H](ON(c4ccccc4)[C@H]3c3ccc(SC)cc3)C2=O)c1. The Bertz CT molecular complexity index is 1150. The third-order valence-electron chi connectivity index (χ3n) is 5.89. The quantitative estimate of drug-likeness (QED) is 0.426. The fourth-order valence-electron chi connectivity index (χ4n) is 4.36. The zero-order chi connectivity index (χ0) is 22.2. The summed E-state index contributed by atoms with van der Waals surface area (Å²) in [5.41, 5.74) is 2.21. The van der Waals surface area contributed by atoms with Gasteiger partial charge < -0.3 is 4.74 Å². The molecular formula is C25H22N2O4S. The zero-order valence-corrected chi connectivity index (χ0v) is 18.5. The molecule has 0 bridgehead atoms. The van der Waals surface area contributed by atoms with Gasteiger partial charge in [0.05, 0.1) is 24.5 Å². The van der Waals surface area contributed by atoms with Crippen molar-refractivity contribution in [3.05, 3.63) is 84.4 Å². The minimum atomic E-state index is -0.890. The summed E-state index contributed by atoms with van der Waals surface area (Å²) < 4.78 is 5.28. The fraction of sp³-hybridized carbons (Fsp3) is 0.200. The van der Waals surface area contributed by atoms with Gasteiger partial charge in [0.25, 0.3) is 5.91 Å². The molecule has 0 radical (unpaired) electrons. The number of rotatable bonds is 5. The van der Waals surface area contributed by atoms with Crippen LogP contribution in [0.2, 0.25) is 0 Å². The molecule has 2 heterocycles. The zero-order valence-electron chi connectivity index (χ0n) is 17.7. The number of benzene rings is 3. The summed E-state index contributed by atoms with van der Waals surface area (Å²) in [7, 11) is 1.55. The number of methoxy groups -OCH3 is 1. The Balaban J connectivity index is 1.57. The van der Waals surface area contributed by atoms with E-state index < -0.39 is 18.1 Å². The molecule has 0 spiro atoms. The summed E-state index contributed by atoms with van der Waals surface area (Å²) in [5, 5.41) is 1.71. The lowest BCUT2D eigenvalue weighted by atomic mass is 9.90. The van der Waals surface area contributed by atoms with Gasteiger partial charge in [-0.15, -0.1) is 11.8 Å². The Morgan fingerprint density at radius 2 is 1.59 bits per heavy atom. The Kier molecular flexibility index (Phi) is 5.36. The number of hydroxylamine groups is 1. The molecule has 0 aromatic heterocycles. The number of imide groups is 1. The Hall–Kier alpha value is -3.29. The Morgan fingerprint density at radius 1 is 0.875 bits per heavy atom. The standard InChI is InChI=1S/C25H22N2O4S/c1-30-19-10-6-9-18(15-19)26-24(28)21-22(16-11-13-20(32-2)14-12-16)27(31-23(21)25(26)29)17-7-4-3-5-8-17/h3-15,21-23H,1-2H3/t21-,22+,23-/m1/s1. The highest BCUT2D eigenvalue weighted by Gasteiger charge is 2.60. The number of fused-ring (bicyclic) bond motifs is 1. The number of carbonyl (C=O) groups is 2. The van der Waals surface area contributed by atoms with E-state index in [9.17, 15) is 9.59 Å². The average molecular weight is 447 g/mol. The lowest BCUT2D eigenvalue weighted by Gasteiger charge is -2.29. The first-order valence-corrected chi connectivity index (χ1v) is 11.5. The van der Waals surface area contributed by atoms with E-state index in [4.69, 9.17) is 9.57 Å². The van der Waals surface area contributed by atoms with Gasteiger partial charge in [-0.1, -0.05) is 36.4 Å². The van der Waals surface area contributed by atoms with E-state index in [0.29, 0.717) is 11.4 Å². The van der Waals surface area contributed by atoms with E-state index in [2.05, 4.69) is 0 Å². The summed E-state index contributed by atoms with van der Waals surface area (Å²) in [6, 6.07) is 24.2. The van der Waals surface area contributed by atoms with Crippen molar-refractivity contribution >= 4 is 35.0 Å². The lowest BCUT2D eigenvalue weighted by molar-refractivity contribution is -0.126. The second kappa shape index (κ2) is 8.33. The fourth-order valence-corrected chi connectivity index (χ4v) is 4.77. The molecule has 0 N–H and O–H groups in total. The van der Waals surface area contributed by atoms with Crippen molar-refractivity contribution in [1.82, 2.24) is 0 Å². The summed E-state index contributed by atoms with van der Waals surface area (Å²) in [4.78, 5) is 35.5. The van der Waals surface area contributed by atoms with Crippen LogP contribution in [0.1, 0.15) is 11.6 Å². The van der Waals surface area contributed by atoms with Crippen molar-refractivity contribution in [3.8, 4) is 5.75 Å². The van der Waals surface area contributed by atoms with Crippen LogP contribution in [0.5, 0.6) is 5.75 Å². The second-order valence-corrected chi connectivity index (χ2v) is 8.52. The molecule has 2 amide bonds. The van der Waals surface area contributed by atoms with E-state index >= 15 is 0 Å². The second-order valence-electron chi connectivity index (χ2n) is 7.64. The molecule has 0 unspecified atom stereocenters. The molecule has 2 fully saturated rings. The number of amides is 2. The molecule has 0 aliphatic carbocycles.